The lowest BCUT2D eigenvalue weighted by molar-refractivity contribution is -0.124. The van der Waals surface area contributed by atoms with Gasteiger partial charge < -0.3 is 19.9 Å². The van der Waals surface area contributed by atoms with Crippen molar-refractivity contribution in [3.63, 3.8) is 0 Å². The Balaban J connectivity index is 0.000000410. The summed E-state index contributed by atoms with van der Waals surface area (Å²) in [6.45, 7) is 12.0. The lowest BCUT2D eigenvalue weighted by Crippen LogP contribution is -2.52. The largest absolute Gasteiger partial charge is 0.371 e. The van der Waals surface area contributed by atoms with Crippen LogP contribution < -0.4 is 10.2 Å². The molecule has 2 fully saturated rings. The molecule has 2 atom stereocenters. The minimum absolute atomic E-state index is 0.00171. The number of carbonyl (C=O) groups excluding carboxylic acids is 5. The summed E-state index contributed by atoms with van der Waals surface area (Å²) in [6, 6.07) is 5.68. The van der Waals surface area contributed by atoms with Crippen molar-refractivity contribution in [3.8, 4) is 0 Å². The summed E-state index contributed by atoms with van der Waals surface area (Å²) in [5.41, 5.74) is 2.11. The van der Waals surface area contributed by atoms with Gasteiger partial charge in [0.1, 0.15) is 12.1 Å². The number of aldehydes is 1. The average molecular weight is 514 g/mol. The molecule has 8 nitrogen and oxygen atoms in total. The number of nitrogens with one attached hydrogen (secondary N) is 1. The molecular weight excluding hydrogens is 470 g/mol. The van der Waals surface area contributed by atoms with Crippen molar-refractivity contribution in [2.24, 2.45) is 17.8 Å². The topological polar surface area (TPSA) is 104 Å². The van der Waals surface area contributed by atoms with Crippen LogP contribution >= 0.6 is 0 Å². The van der Waals surface area contributed by atoms with Gasteiger partial charge in [-0.1, -0.05) is 20.8 Å². The normalized spacial score (nSPS) is 17.6. The first-order valence-corrected chi connectivity index (χ1v) is 13.4. The van der Waals surface area contributed by atoms with E-state index in [1.54, 1.807) is 7.05 Å². The van der Waals surface area contributed by atoms with Crippen LogP contribution in [0.2, 0.25) is 0 Å². The van der Waals surface area contributed by atoms with Gasteiger partial charge >= 0.3 is 0 Å². The van der Waals surface area contributed by atoms with Crippen molar-refractivity contribution >= 4 is 35.2 Å². The molecule has 1 N–H and O–H groups in total. The maximum Gasteiger partial charge on any atom is 0.222 e. The predicted molar refractivity (Wildman–Crippen MR) is 145 cm³/mol. The summed E-state index contributed by atoms with van der Waals surface area (Å²) in [7, 11) is 1.60. The Morgan fingerprint density at radius 2 is 1.73 bits per heavy atom. The monoisotopic (exact) mass is 513 g/mol. The molecule has 0 bridgehead atoms. The number of likely N-dealkylation sites (tertiary alicyclic amines) is 1. The highest BCUT2D eigenvalue weighted by Gasteiger charge is 2.30. The molecule has 1 unspecified atom stereocenters. The molecule has 1 aromatic carbocycles. The highest BCUT2D eigenvalue weighted by atomic mass is 16.2. The number of carbonyl (C=O) groups is 5. The van der Waals surface area contributed by atoms with Crippen LogP contribution in [0.5, 0.6) is 0 Å². The van der Waals surface area contributed by atoms with Crippen molar-refractivity contribution < 1.29 is 24.0 Å². The van der Waals surface area contributed by atoms with E-state index in [2.05, 4.69) is 15.1 Å². The van der Waals surface area contributed by atoms with Crippen LogP contribution in [0.15, 0.2) is 18.2 Å². The lowest BCUT2D eigenvalue weighted by Gasteiger charge is -2.44. The third-order valence-electron chi connectivity index (χ3n) is 7.37. The number of rotatable bonds is 11. The van der Waals surface area contributed by atoms with Gasteiger partial charge in [0.2, 0.25) is 5.91 Å². The highest BCUT2D eigenvalue weighted by Crippen LogP contribution is 2.29. The van der Waals surface area contributed by atoms with E-state index in [1.807, 2.05) is 39.0 Å². The van der Waals surface area contributed by atoms with Crippen LogP contribution in [0.25, 0.3) is 0 Å². The molecular formula is C29H43N3O5. The van der Waals surface area contributed by atoms with Crippen molar-refractivity contribution in [2.45, 2.75) is 59.8 Å². The van der Waals surface area contributed by atoms with Gasteiger partial charge in [0.05, 0.1) is 0 Å². The zero-order chi connectivity index (χ0) is 27.5. The number of hydrogen-bond acceptors (Lipinski definition) is 7. The first-order valence-electron chi connectivity index (χ1n) is 13.4. The fourth-order valence-electron chi connectivity index (χ4n) is 4.63. The second-order valence-corrected chi connectivity index (χ2v) is 10.3. The van der Waals surface area contributed by atoms with Crippen molar-refractivity contribution in [1.82, 2.24) is 10.2 Å². The van der Waals surface area contributed by atoms with Gasteiger partial charge in [0.15, 0.2) is 11.6 Å². The molecule has 2 aliphatic heterocycles. The first kappa shape index (κ1) is 30.4. The molecule has 1 aromatic rings. The third kappa shape index (κ3) is 8.88. The molecule has 0 saturated carbocycles. The van der Waals surface area contributed by atoms with E-state index in [1.165, 1.54) is 6.92 Å². The van der Waals surface area contributed by atoms with E-state index >= 15 is 0 Å². The summed E-state index contributed by atoms with van der Waals surface area (Å²) in [6.07, 6.45) is 4.08. The van der Waals surface area contributed by atoms with Crippen molar-refractivity contribution in [2.75, 3.05) is 44.7 Å². The lowest BCUT2D eigenvalue weighted by atomic mass is 9.91. The van der Waals surface area contributed by atoms with Crippen molar-refractivity contribution in [3.05, 3.63) is 29.3 Å². The van der Waals surface area contributed by atoms with Gasteiger partial charge in [0, 0.05) is 93.6 Å². The minimum Gasteiger partial charge on any atom is -0.371 e. The number of hydrogen-bond donors (Lipinski definition) is 1. The number of amides is 1. The second-order valence-electron chi connectivity index (χ2n) is 10.3. The SMILES string of the molecule is CC[C@@H](C)C(=O)c1ccc(N2CC(CN3CCC(=O)CC3)C2)cc1C(C)=O.CNC(=O)C(C)CCC=O. The van der Waals surface area contributed by atoms with E-state index in [9.17, 15) is 24.0 Å². The standard InChI is InChI=1S/C22H30N2O3.C7H13NO2/c1-4-15(2)22(27)20-6-5-18(11-21(20)16(3)25)24-13-17(14-24)12-23-9-7-19(26)8-10-23;1-6(4-3-5-9)7(10)8-2/h5-6,11,15,17H,4,7-10,12-14H2,1-3H3;5-6H,3-4H2,1-2H3,(H,8,10)/t15-;/m1./s1. The fourth-order valence-corrected chi connectivity index (χ4v) is 4.63. The molecule has 37 heavy (non-hydrogen) atoms. The molecule has 0 spiro atoms. The molecule has 3 rings (SSSR count). The molecule has 0 aliphatic carbocycles. The third-order valence-corrected chi connectivity index (χ3v) is 7.37. The Labute approximate surface area is 221 Å². The van der Waals surface area contributed by atoms with Crippen LogP contribution in [0.3, 0.4) is 0 Å². The molecule has 2 aliphatic rings. The first-order chi connectivity index (χ1) is 17.6. The van der Waals surface area contributed by atoms with Crippen LogP contribution in [0.4, 0.5) is 5.69 Å². The van der Waals surface area contributed by atoms with Gasteiger partial charge in [-0.15, -0.1) is 0 Å². The van der Waals surface area contributed by atoms with Gasteiger partial charge in [-0.25, -0.2) is 0 Å². The Kier molecular flexibility index (Phi) is 12.1. The number of nitrogens with zero attached hydrogens (tertiary/aromatic N) is 2. The fraction of sp³-hybridized carbons (Fsp3) is 0.621. The number of benzene rings is 1. The zero-order valence-electron chi connectivity index (χ0n) is 23.0. The van der Waals surface area contributed by atoms with E-state index in [-0.39, 0.29) is 29.3 Å². The smallest absolute Gasteiger partial charge is 0.222 e. The van der Waals surface area contributed by atoms with E-state index in [0.29, 0.717) is 48.5 Å². The average Bonchev–Trinajstić information content (AvgIpc) is 2.88. The van der Waals surface area contributed by atoms with Crippen LogP contribution in [-0.2, 0) is 14.4 Å². The van der Waals surface area contributed by atoms with Crippen molar-refractivity contribution in [1.29, 1.82) is 0 Å². The Morgan fingerprint density at radius 1 is 1.08 bits per heavy atom. The molecule has 2 heterocycles. The van der Waals surface area contributed by atoms with Crippen LogP contribution in [-0.4, -0.2) is 74.2 Å². The summed E-state index contributed by atoms with van der Waals surface area (Å²) in [5.74, 6) is 0.857. The number of anilines is 1. The molecule has 204 valence electrons. The highest BCUT2D eigenvalue weighted by molar-refractivity contribution is 6.09. The minimum atomic E-state index is -0.0706. The second kappa shape index (κ2) is 14.8. The molecule has 0 radical (unpaired) electrons. The number of ketones is 3. The van der Waals surface area contributed by atoms with Gasteiger partial charge in [-0.2, -0.15) is 0 Å². The van der Waals surface area contributed by atoms with Crippen LogP contribution in [0, 0.1) is 17.8 Å². The maximum absolute atomic E-state index is 12.6. The van der Waals surface area contributed by atoms with Crippen LogP contribution in [0.1, 0.15) is 80.5 Å². The maximum atomic E-state index is 12.6. The summed E-state index contributed by atoms with van der Waals surface area (Å²) >= 11 is 0. The van der Waals surface area contributed by atoms with E-state index in [4.69, 9.17) is 0 Å². The number of piperidine rings is 1. The van der Waals surface area contributed by atoms with E-state index < -0.39 is 0 Å². The van der Waals surface area contributed by atoms with Gasteiger partial charge in [-0.3, -0.25) is 19.2 Å². The summed E-state index contributed by atoms with van der Waals surface area (Å²) in [4.78, 5) is 61.4. The molecule has 0 aromatic heterocycles. The van der Waals surface area contributed by atoms with Gasteiger partial charge in [0.25, 0.3) is 0 Å². The molecule has 1 amide bonds. The predicted octanol–water partition coefficient (Wildman–Crippen LogP) is 3.57. The Hall–Kier alpha value is -2.87. The quantitative estimate of drug-likeness (QED) is 0.356. The van der Waals surface area contributed by atoms with Gasteiger partial charge in [-0.05, 0) is 38.0 Å². The Morgan fingerprint density at radius 3 is 2.27 bits per heavy atom. The number of Topliss-reactive ketones (excluding diaryl/α,β-unsaturated/α-hetero) is 3. The van der Waals surface area contributed by atoms with E-state index in [0.717, 1.165) is 51.1 Å². The zero-order valence-corrected chi connectivity index (χ0v) is 23.0. The summed E-state index contributed by atoms with van der Waals surface area (Å²) < 4.78 is 0. The summed E-state index contributed by atoms with van der Waals surface area (Å²) in [5, 5.41) is 2.52. The molecule has 8 heteroatoms. The molecule has 2 saturated heterocycles. The Bertz CT molecular complexity index is 960.